The predicted molar refractivity (Wildman–Crippen MR) is 139 cm³/mol. The number of nitrogens with zero attached hydrogens (tertiary/aromatic N) is 2. The predicted octanol–water partition coefficient (Wildman–Crippen LogP) is 5.15. The molecule has 1 aromatic heterocycles. The summed E-state index contributed by atoms with van der Waals surface area (Å²) in [4.78, 5) is 6.98. The van der Waals surface area contributed by atoms with E-state index in [-0.39, 0.29) is 4.90 Å². The van der Waals surface area contributed by atoms with Crippen LogP contribution in [0.2, 0.25) is 0 Å². The molecule has 0 saturated carbocycles. The average Bonchev–Trinajstić information content (AvgIpc) is 2.87. The van der Waals surface area contributed by atoms with Crippen molar-refractivity contribution in [3.63, 3.8) is 0 Å². The maximum atomic E-state index is 12.8. The molecule has 6 nitrogen and oxygen atoms in total. The molecule has 34 heavy (non-hydrogen) atoms. The summed E-state index contributed by atoms with van der Waals surface area (Å²) in [5, 5.41) is 3.32. The molecule has 1 fully saturated rings. The van der Waals surface area contributed by atoms with Crippen LogP contribution in [0.4, 0.5) is 11.4 Å². The van der Waals surface area contributed by atoms with Crippen LogP contribution in [0, 0.1) is 0 Å². The lowest BCUT2D eigenvalue weighted by atomic mass is 10.1. The first-order chi connectivity index (χ1) is 16.6. The van der Waals surface area contributed by atoms with Gasteiger partial charge in [-0.1, -0.05) is 36.8 Å². The fourth-order valence-electron chi connectivity index (χ4n) is 4.06. The van der Waals surface area contributed by atoms with Crippen molar-refractivity contribution in [2.45, 2.75) is 30.6 Å². The lowest BCUT2D eigenvalue weighted by Crippen LogP contribution is -2.33. The minimum absolute atomic E-state index is 0.265. The average molecular weight is 477 g/mol. The van der Waals surface area contributed by atoms with Crippen LogP contribution in [-0.2, 0) is 10.0 Å². The highest BCUT2D eigenvalue weighted by Crippen LogP contribution is 2.22. The number of sulfonamides is 1. The zero-order valence-corrected chi connectivity index (χ0v) is 20.2. The topological polar surface area (TPSA) is 74.3 Å². The number of hydrogen-bond donors (Lipinski definition) is 2. The van der Waals surface area contributed by atoms with E-state index < -0.39 is 10.0 Å². The molecule has 0 aliphatic carbocycles. The smallest absolute Gasteiger partial charge is 0.240 e. The van der Waals surface area contributed by atoms with Crippen molar-refractivity contribution in [2.75, 3.05) is 31.5 Å². The zero-order valence-electron chi connectivity index (χ0n) is 19.4. The minimum atomic E-state index is -3.55. The fourth-order valence-corrected chi connectivity index (χ4v) is 5.18. The van der Waals surface area contributed by atoms with E-state index in [4.69, 9.17) is 0 Å². The Balaban J connectivity index is 1.35. The minimum Gasteiger partial charge on any atom is -0.355 e. The molecule has 0 amide bonds. The summed E-state index contributed by atoms with van der Waals surface area (Å²) in [6.07, 6.45) is 10.3. The molecule has 2 aromatic carbocycles. The normalized spacial score (nSPS) is 14.9. The van der Waals surface area contributed by atoms with E-state index in [0.717, 1.165) is 48.7 Å². The molecule has 4 rings (SSSR count). The number of benzene rings is 2. The van der Waals surface area contributed by atoms with Crippen molar-refractivity contribution < 1.29 is 8.42 Å². The summed E-state index contributed by atoms with van der Waals surface area (Å²) < 4.78 is 28.3. The van der Waals surface area contributed by atoms with Gasteiger partial charge in [0, 0.05) is 24.1 Å². The summed E-state index contributed by atoms with van der Waals surface area (Å²) >= 11 is 0. The van der Waals surface area contributed by atoms with E-state index in [9.17, 15) is 8.42 Å². The molecule has 1 aliphatic rings. The first-order valence-electron chi connectivity index (χ1n) is 11.9. The van der Waals surface area contributed by atoms with E-state index in [1.54, 1.807) is 24.4 Å². The molecule has 0 atom stereocenters. The number of pyridine rings is 1. The van der Waals surface area contributed by atoms with Crippen molar-refractivity contribution in [2.24, 2.45) is 0 Å². The first kappa shape index (κ1) is 24.1. The maximum absolute atomic E-state index is 12.8. The van der Waals surface area contributed by atoms with Gasteiger partial charge in [0.1, 0.15) is 0 Å². The van der Waals surface area contributed by atoms with Crippen LogP contribution in [0.1, 0.15) is 36.9 Å². The Morgan fingerprint density at radius 2 is 1.68 bits per heavy atom. The second-order valence-corrected chi connectivity index (χ2v) is 10.3. The summed E-state index contributed by atoms with van der Waals surface area (Å²) in [6, 6.07) is 20.7. The van der Waals surface area contributed by atoms with E-state index in [0.29, 0.717) is 6.54 Å². The Kier molecular flexibility index (Phi) is 8.46. The van der Waals surface area contributed by atoms with Crippen LogP contribution < -0.4 is 10.0 Å². The number of anilines is 2. The van der Waals surface area contributed by atoms with E-state index in [1.807, 2.05) is 60.7 Å². The van der Waals surface area contributed by atoms with Crippen molar-refractivity contribution in [1.82, 2.24) is 14.6 Å². The monoisotopic (exact) mass is 476 g/mol. The lowest BCUT2D eigenvalue weighted by molar-refractivity contribution is 0.227. The highest BCUT2D eigenvalue weighted by molar-refractivity contribution is 7.89. The van der Waals surface area contributed by atoms with Crippen molar-refractivity contribution in [3.05, 3.63) is 84.2 Å². The Morgan fingerprint density at radius 1 is 0.882 bits per heavy atom. The molecule has 0 spiro atoms. The van der Waals surface area contributed by atoms with Gasteiger partial charge in [0.05, 0.1) is 10.6 Å². The van der Waals surface area contributed by atoms with Gasteiger partial charge in [0.2, 0.25) is 10.0 Å². The molecule has 178 valence electrons. The molecule has 2 N–H and O–H groups in total. The van der Waals surface area contributed by atoms with Crippen molar-refractivity contribution in [1.29, 1.82) is 0 Å². The zero-order chi connectivity index (χ0) is 23.6. The Bertz CT molecular complexity index is 1190. The second kappa shape index (κ2) is 11.9. The van der Waals surface area contributed by atoms with Gasteiger partial charge in [0.15, 0.2) is 0 Å². The standard InChI is InChI=1S/C27H32N4O2S/c32-34(33,29-17-8-20-31-18-4-1-5-19-31)27-13-7-12-26(22-27)30-25-11-6-9-23(21-25)14-15-24-10-2-3-16-28-24/h2-3,6-7,9-16,21-22,29-30H,1,4-5,8,17-20H2/b15-14+. The van der Waals surface area contributed by atoms with E-state index in [1.165, 1.54) is 19.3 Å². The number of hydrogen-bond acceptors (Lipinski definition) is 5. The van der Waals surface area contributed by atoms with Crippen LogP contribution in [0.3, 0.4) is 0 Å². The van der Waals surface area contributed by atoms with Crippen LogP contribution in [-0.4, -0.2) is 44.5 Å². The van der Waals surface area contributed by atoms with Gasteiger partial charge < -0.3 is 10.2 Å². The Hall–Kier alpha value is -3.00. The number of aromatic nitrogens is 1. The molecule has 0 unspecified atom stereocenters. The maximum Gasteiger partial charge on any atom is 0.240 e. The Morgan fingerprint density at radius 3 is 2.47 bits per heavy atom. The van der Waals surface area contributed by atoms with Crippen LogP contribution in [0.15, 0.2) is 77.8 Å². The van der Waals surface area contributed by atoms with Gasteiger partial charge in [0.25, 0.3) is 0 Å². The SMILES string of the molecule is O=S(=O)(NCCCN1CCCCC1)c1cccc(Nc2cccc(/C=C/c3ccccn3)c2)c1. The highest BCUT2D eigenvalue weighted by atomic mass is 32.2. The molecule has 1 saturated heterocycles. The quantitative estimate of drug-likeness (QED) is 0.396. The highest BCUT2D eigenvalue weighted by Gasteiger charge is 2.15. The molecule has 7 heteroatoms. The molecule has 1 aliphatic heterocycles. The summed E-state index contributed by atoms with van der Waals surface area (Å²) in [5.74, 6) is 0. The first-order valence-corrected chi connectivity index (χ1v) is 13.4. The van der Waals surface area contributed by atoms with E-state index >= 15 is 0 Å². The van der Waals surface area contributed by atoms with Gasteiger partial charge >= 0.3 is 0 Å². The third kappa shape index (κ3) is 7.25. The van der Waals surface area contributed by atoms with Gasteiger partial charge in [-0.05, 0) is 93.0 Å². The number of nitrogens with one attached hydrogen (secondary N) is 2. The third-order valence-corrected chi connectivity index (χ3v) is 7.30. The summed E-state index contributed by atoms with van der Waals surface area (Å²) in [5.41, 5.74) is 3.52. The summed E-state index contributed by atoms with van der Waals surface area (Å²) in [6.45, 7) is 3.64. The van der Waals surface area contributed by atoms with Crippen LogP contribution >= 0.6 is 0 Å². The fraction of sp³-hybridized carbons (Fsp3) is 0.296. The van der Waals surface area contributed by atoms with Gasteiger partial charge in [-0.15, -0.1) is 0 Å². The second-order valence-electron chi connectivity index (χ2n) is 8.52. The van der Waals surface area contributed by atoms with Crippen molar-refractivity contribution in [3.8, 4) is 0 Å². The number of rotatable bonds is 10. The number of likely N-dealkylation sites (tertiary alicyclic amines) is 1. The number of piperidine rings is 1. The summed E-state index contributed by atoms with van der Waals surface area (Å²) in [7, 11) is -3.55. The molecular weight excluding hydrogens is 444 g/mol. The van der Waals surface area contributed by atoms with Gasteiger partial charge in [-0.2, -0.15) is 0 Å². The lowest BCUT2D eigenvalue weighted by Gasteiger charge is -2.26. The van der Waals surface area contributed by atoms with Gasteiger partial charge in [-0.3, -0.25) is 4.98 Å². The van der Waals surface area contributed by atoms with Gasteiger partial charge in [-0.25, -0.2) is 13.1 Å². The largest absolute Gasteiger partial charge is 0.355 e. The molecule has 3 aromatic rings. The molecule has 0 radical (unpaired) electrons. The molecule has 2 heterocycles. The van der Waals surface area contributed by atoms with Crippen LogP contribution in [0.25, 0.3) is 12.2 Å². The van der Waals surface area contributed by atoms with E-state index in [2.05, 4.69) is 19.9 Å². The van der Waals surface area contributed by atoms with Crippen molar-refractivity contribution >= 4 is 33.6 Å². The molecule has 0 bridgehead atoms. The Labute approximate surface area is 202 Å². The molecular formula is C27H32N4O2S. The van der Waals surface area contributed by atoms with Crippen LogP contribution in [0.5, 0.6) is 0 Å². The third-order valence-electron chi connectivity index (χ3n) is 5.85.